The number of fused-ring (bicyclic) bond motifs is 2. The van der Waals surface area contributed by atoms with Gasteiger partial charge in [0.2, 0.25) is 0 Å². The maximum Gasteiger partial charge on any atom is 0.337 e. The highest BCUT2D eigenvalue weighted by Crippen LogP contribution is 2.47. The van der Waals surface area contributed by atoms with Crippen molar-refractivity contribution in [2.75, 3.05) is 38.2 Å². The quantitative estimate of drug-likeness (QED) is 0.627. The van der Waals surface area contributed by atoms with Gasteiger partial charge in [0.25, 0.3) is 0 Å². The van der Waals surface area contributed by atoms with Crippen LogP contribution in [0.4, 0.5) is 5.69 Å². The topological polar surface area (TPSA) is 79.3 Å². The van der Waals surface area contributed by atoms with E-state index in [1.54, 1.807) is 6.07 Å². The van der Waals surface area contributed by atoms with Crippen molar-refractivity contribution in [3.8, 4) is 5.75 Å². The molecule has 0 radical (unpaired) electrons. The van der Waals surface area contributed by atoms with Crippen molar-refractivity contribution in [2.45, 2.75) is 25.3 Å². The van der Waals surface area contributed by atoms with Crippen molar-refractivity contribution >= 4 is 23.2 Å². The lowest BCUT2D eigenvalue weighted by molar-refractivity contribution is 0.0598. The lowest BCUT2D eigenvalue weighted by atomic mass is 9.81. The molecule has 1 aliphatic carbocycles. The fourth-order valence-electron chi connectivity index (χ4n) is 5.32. The average Bonchev–Trinajstić information content (AvgIpc) is 2.79. The number of carbonyl (C=O) groups excluding carboxylic acids is 1. The van der Waals surface area contributed by atoms with Gasteiger partial charge in [-0.2, -0.15) is 0 Å². The highest BCUT2D eigenvalue weighted by molar-refractivity contribution is 6.02. The Kier molecular flexibility index (Phi) is 5.26. The minimum atomic E-state index is -1.06. The van der Waals surface area contributed by atoms with Crippen LogP contribution in [0.2, 0.25) is 0 Å². The number of carbonyl (C=O) groups is 2. The summed E-state index contributed by atoms with van der Waals surface area (Å²) >= 11 is 0. The monoisotopic (exact) mass is 484 g/mol. The first-order valence-corrected chi connectivity index (χ1v) is 12.3. The molecule has 1 unspecified atom stereocenters. The van der Waals surface area contributed by atoms with Gasteiger partial charge in [-0.25, -0.2) is 9.59 Å². The van der Waals surface area contributed by atoms with Crippen molar-refractivity contribution in [1.82, 2.24) is 4.90 Å². The van der Waals surface area contributed by atoms with Gasteiger partial charge in [-0.1, -0.05) is 12.2 Å². The first-order valence-electron chi connectivity index (χ1n) is 12.3. The minimum absolute atomic E-state index is 0.119. The number of anilines is 1. The number of ether oxygens (including phenoxy) is 2. The third-order valence-corrected chi connectivity index (χ3v) is 7.70. The number of hydrogen-bond acceptors (Lipinski definition) is 6. The number of aromatic carboxylic acids is 1. The zero-order valence-electron chi connectivity index (χ0n) is 20.4. The number of hydrogen-bond donors (Lipinski definition) is 1. The third-order valence-electron chi connectivity index (χ3n) is 7.70. The first-order chi connectivity index (χ1) is 17.4. The third kappa shape index (κ3) is 3.54. The Labute approximate surface area is 209 Å². The summed E-state index contributed by atoms with van der Waals surface area (Å²) < 4.78 is 11.4. The van der Waals surface area contributed by atoms with E-state index < -0.39 is 11.9 Å². The van der Waals surface area contributed by atoms with Crippen LogP contribution >= 0.6 is 0 Å². The van der Waals surface area contributed by atoms with Gasteiger partial charge in [-0.05, 0) is 61.7 Å². The molecule has 36 heavy (non-hydrogen) atoms. The van der Waals surface area contributed by atoms with Crippen LogP contribution in [0.5, 0.6) is 5.75 Å². The standard InChI is InChI=1S/C29H28N2O5/c1-29(31-13-4-14-31)10-9-22-25(17-29)36-24-16-19(30-11-3-12-30)6-8-21(24)26(22)23-15-18(28(34)35-2)5-7-20(23)27(32)33/h5-10,15-17H,3-4,11-14H2,1-2H3,(H,32,33). The van der Waals surface area contributed by atoms with Crippen LogP contribution in [-0.4, -0.2) is 60.8 Å². The number of rotatable bonds is 5. The SMILES string of the molecule is COC(=O)c1ccc(C(=O)O)c(C2=C3C=CC(C)(N4CCC4)C=C3Oc3cc(N4CCC4)ccc32)c1. The summed E-state index contributed by atoms with van der Waals surface area (Å²) in [5.41, 5.74) is 4.03. The van der Waals surface area contributed by atoms with Crippen LogP contribution in [0.1, 0.15) is 51.6 Å². The van der Waals surface area contributed by atoms with E-state index in [2.05, 4.69) is 34.9 Å². The Balaban J connectivity index is 1.58. The molecule has 6 rings (SSSR count). The van der Waals surface area contributed by atoms with E-state index in [1.807, 2.05) is 18.2 Å². The van der Waals surface area contributed by atoms with Crippen LogP contribution in [0.25, 0.3) is 5.57 Å². The van der Waals surface area contributed by atoms with Crippen molar-refractivity contribution in [3.05, 3.63) is 88.2 Å². The molecule has 2 saturated heterocycles. The largest absolute Gasteiger partial charge is 0.478 e. The van der Waals surface area contributed by atoms with Gasteiger partial charge >= 0.3 is 11.9 Å². The van der Waals surface area contributed by atoms with Crippen LogP contribution in [-0.2, 0) is 4.74 Å². The molecule has 3 heterocycles. The van der Waals surface area contributed by atoms with Crippen LogP contribution in [0.15, 0.2) is 66.0 Å². The molecule has 0 aromatic heterocycles. The fourth-order valence-corrected chi connectivity index (χ4v) is 5.32. The summed E-state index contributed by atoms with van der Waals surface area (Å²) in [6.45, 7) is 6.24. The number of nitrogens with zero attached hydrogens (tertiary/aromatic N) is 2. The molecule has 1 atom stereocenters. The molecular formula is C29H28N2O5. The highest BCUT2D eigenvalue weighted by atomic mass is 16.5. The van der Waals surface area contributed by atoms with Crippen LogP contribution in [0, 0.1) is 0 Å². The van der Waals surface area contributed by atoms with E-state index in [9.17, 15) is 14.7 Å². The van der Waals surface area contributed by atoms with E-state index in [-0.39, 0.29) is 11.1 Å². The predicted molar refractivity (Wildman–Crippen MR) is 136 cm³/mol. The molecule has 0 spiro atoms. The lowest BCUT2D eigenvalue weighted by Gasteiger charge is -2.45. The van der Waals surface area contributed by atoms with E-state index in [0.29, 0.717) is 22.6 Å². The number of allylic oxidation sites excluding steroid dienone is 1. The second kappa shape index (κ2) is 8.38. The Bertz CT molecular complexity index is 1380. The summed E-state index contributed by atoms with van der Waals surface area (Å²) in [6.07, 6.45) is 8.65. The molecule has 2 aromatic rings. The van der Waals surface area contributed by atoms with Gasteiger partial charge in [-0.3, -0.25) is 4.90 Å². The molecule has 0 amide bonds. The van der Waals surface area contributed by atoms with E-state index >= 15 is 0 Å². The number of benzene rings is 2. The fraction of sp³-hybridized carbons (Fsp3) is 0.310. The van der Waals surface area contributed by atoms with E-state index in [0.717, 1.165) is 48.6 Å². The molecule has 3 aliphatic heterocycles. The summed E-state index contributed by atoms with van der Waals surface area (Å²) in [5, 5.41) is 10.1. The van der Waals surface area contributed by atoms with Crippen molar-refractivity contribution in [2.24, 2.45) is 0 Å². The minimum Gasteiger partial charge on any atom is -0.478 e. The summed E-state index contributed by atoms with van der Waals surface area (Å²) in [7, 11) is 1.32. The highest BCUT2D eigenvalue weighted by Gasteiger charge is 2.38. The predicted octanol–water partition coefficient (Wildman–Crippen LogP) is 4.49. The Hall–Kier alpha value is -3.84. The van der Waals surface area contributed by atoms with Crippen molar-refractivity contribution in [3.63, 3.8) is 0 Å². The number of carboxylic acids is 1. The van der Waals surface area contributed by atoms with Crippen LogP contribution < -0.4 is 9.64 Å². The van der Waals surface area contributed by atoms with E-state index in [4.69, 9.17) is 9.47 Å². The molecule has 2 aromatic carbocycles. The van der Waals surface area contributed by atoms with Gasteiger partial charge in [0, 0.05) is 54.6 Å². The Morgan fingerprint density at radius 3 is 2.44 bits per heavy atom. The van der Waals surface area contributed by atoms with Crippen molar-refractivity contribution in [1.29, 1.82) is 0 Å². The summed E-state index contributed by atoms with van der Waals surface area (Å²) in [6, 6.07) is 10.7. The zero-order valence-corrected chi connectivity index (χ0v) is 20.4. The zero-order chi connectivity index (χ0) is 25.0. The van der Waals surface area contributed by atoms with Gasteiger partial charge in [0.05, 0.1) is 23.8 Å². The molecule has 0 bridgehead atoms. The van der Waals surface area contributed by atoms with E-state index in [1.165, 1.54) is 32.1 Å². The van der Waals surface area contributed by atoms with Gasteiger partial charge in [0.1, 0.15) is 11.5 Å². The Morgan fingerprint density at radius 1 is 1.03 bits per heavy atom. The molecule has 1 N–H and O–H groups in total. The average molecular weight is 485 g/mol. The maximum absolute atomic E-state index is 12.4. The molecule has 7 heteroatoms. The molecule has 184 valence electrons. The number of methoxy groups -OCH3 is 1. The maximum atomic E-state index is 12.4. The van der Waals surface area contributed by atoms with Gasteiger partial charge < -0.3 is 19.5 Å². The number of likely N-dealkylation sites (tertiary alicyclic amines) is 1. The molecular weight excluding hydrogens is 456 g/mol. The second-order valence-electron chi connectivity index (χ2n) is 9.88. The normalized spacial score (nSPS) is 22.5. The van der Waals surface area contributed by atoms with Gasteiger partial charge in [0.15, 0.2) is 0 Å². The molecule has 4 aliphatic rings. The first kappa shape index (κ1) is 22.6. The number of carboxylic acid groups (broad SMARTS) is 1. The Morgan fingerprint density at radius 2 is 1.81 bits per heavy atom. The lowest BCUT2D eigenvalue weighted by Crippen LogP contribution is -2.52. The molecule has 0 saturated carbocycles. The molecule has 7 nitrogen and oxygen atoms in total. The summed E-state index contributed by atoms with van der Waals surface area (Å²) in [4.78, 5) is 29.4. The smallest absolute Gasteiger partial charge is 0.337 e. The second-order valence-corrected chi connectivity index (χ2v) is 9.88. The van der Waals surface area contributed by atoms with Crippen LogP contribution in [0.3, 0.4) is 0 Å². The summed E-state index contributed by atoms with van der Waals surface area (Å²) in [5.74, 6) is -0.185. The molecule has 2 fully saturated rings. The number of esters is 1. The van der Waals surface area contributed by atoms with Crippen molar-refractivity contribution < 1.29 is 24.2 Å². The van der Waals surface area contributed by atoms with Gasteiger partial charge in [-0.15, -0.1) is 0 Å².